The molecule has 2 heterocycles. The number of carbonyl (C=O) groups excluding carboxylic acids is 2. The summed E-state index contributed by atoms with van der Waals surface area (Å²) in [5.74, 6) is 0.331. The fraction of sp³-hybridized carbons (Fsp3) is 0.684. The standard InChI is InChI=1S/C19H29ClN4O4/c1-18(2,3)27-16(25)23-9-7-13(8-10-23)24(17(26)28-19(4,5)6)15-12-21-11-14(20)22-15/h11-13H,7-10H2,1-6H3. The second-order valence-corrected chi connectivity index (χ2v) is 9.14. The van der Waals surface area contributed by atoms with E-state index in [1.54, 1.807) is 25.7 Å². The van der Waals surface area contributed by atoms with Crippen molar-refractivity contribution >= 4 is 29.6 Å². The molecule has 0 spiro atoms. The van der Waals surface area contributed by atoms with Crippen LogP contribution in [0.5, 0.6) is 0 Å². The Balaban J connectivity index is 2.15. The van der Waals surface area contributed by atoms with E-state index in [4.69, 9.17) is 21.1 Å². The molecular formula is C19H29ClN4O4. The normalized spacial score (nSPS) is 15.9. The van der Waals surface area contributed by atoms with Crippen LogP contribution in [0.3, 0.4) is 0 Å². The average molecular weight is 413 g/mol. The van der Waals surface area contributed by atoms with Gasteiger partial charge in [0.05, 0.1) is 12.4 Å². The van der Waals surface area contributed by atoms with Crippen molar-refractivity contribution in [2.45, 2.75) is 71.6 Å². The summed E-state index contributed by atoms with van der Waals surface area (Å²) in [6.07, 6.45) is 3.15. The Kier molecular flexibility index (Phi) is 6.75. The van der Waals surface area contributed by atoms with Gasteiger partial charge in [0.25, 0.3) is 0 Å². The summed E-state index contributed by atoms with van der Waals surface area (Å²) in [7, 11) is 0. The lowest BCUT2D eigenvalue weighted by Gasteiger charge is -2.38. The second-order valence-electron chi connectivity index (χ2n) is 8.75. The fourth-order valence-electron chi connectivity index (χ4n) is 2.82. The monoisotopic (exact) mass is 412 g/mol. The number of nitrogens with zero attached hydrogens (tertiary/aromatic N) is 4. The molecule has 2 amide bonds. The highest BCUT2D eigenvalue weighted by Gasteiger charge is 2.35. The number of hydrogen-bond donors (Lipinski definition) is 0. The van der Waals surface area contributed by atoms with E-state index in [0.29, 0.717) is 31.7 Å². The molecule has 156 valence electrons. The Morgan fingerprint density at radius 2 is 1.64 bits per heavy atom. The molecular weight excluding hydrogens is 384 g/mol. The highest BCUT2D eigenvalue weighted by molar-refractivity contribution is 6.29. The van der Waals surface area contributed by atoms with Crippen molar-refractivity contribution < 1.29 is 19.1 Å². The molecule has 0 radical (unpaired) electrons. The minimum absolute atomic E-state index is 0.192. The first kappa shape index (κ1) is 22.2. The van der Waals surface area contributed by atoms with E-state index >= 15 is 0 Å². The molecule has 0 bridgehead atoms. The number of rotatable bonds is 2. The van der Waals surface area contributed by atoms with Gasteiger partial charge in [0.1, 0.15) is 16.4 Å². The van der Waals surface area contributed by atoms with Crippen molar-refractivity contribution in [1.29, 1.82) is 0 Å². The Hall–Kier alpha value is -2.09. The first-order valence-electron chi connectivity index (χ1n) is 9.33. The number of hydrogen-bond acceptors (Lipinski definition) is 6. The van der Waals surface area contributed by atoms with Gasteiger partial charge in [-0.2, -0.15) is 0 Å². The molecule has 0 unspecified atom stereocenters. The smallest absolute Gasteiger partial charge is 0.416 e. The molecule has 2 rings (SSSR count). The van der Waals surface area contributed by atoms with Crippen LogP contribution in [-0.4, -0.2) is 57.4 Å². The topological polar surface area (TPSA) is 84.9 Å². The van der Waals surface area contributed by atoms with Crippen molar-refractivity contribution in [1.82, 2.24) is 14.9 Å². The van der Waals surface area contributed by atoms with E-state index in [0.717, 1.165) is 0 Å². The van der Waals surface area contributed by atoms with Crippen LogP contribution in [0, 0.1) is 0 Å². The van der Waals surface area contributed by atoms with Gasteiger partial charge in [0.15, 0.2) is 5.82 Å². The molecule has 1 aliphatic rings. The number of likely N-dealkylation sites (tertiary alicyclic amines) is 1. The van der Waals surface area contributed by atoms with Crippen LogP contribution in [0.25, 0.3) is 0 Å². The Morgan fingerprint density at radius 1 is 1.07 bits per heavy atom. The van der Waals surface area contributed by atoms with Crippen molar-refractivity contribution in [3.05, 3.63) is 17.5 Å². The van der Waals surface area contributed by atoms with E-state index in [2.05, 4.69) is 9.97 Å². The Bertz CT molecular complexity index is 707. The number of anilines is 1. The summed E-state index contributed by atoms with van der Waals surface area (Å²) < 4.78 is 11.0. The van der Waals surface area contributed by atoms with Crippen LogP contribution in [0.4, 0.5) is 15.4 Å². The van der Waals surface area contributed by atoms with Gasteiger partial charge in [-0.05, 0) is 54.4 Å². The molecule has 1 fully saturated rings. The zero-order valence-corrected chi connectivity index (χ0v) is 18.1. The van der Waals surface area contributed by atoms with Crippen molar-refractivity contribution in [2.24, 2.45) is 0 Å². The third kappa shape index (κ3) is 6.51. The van der Waals surface area contributed by atoms with Gasteiger partial charge in [-0.25, -0.2) is 14.6 Å². The number of ether oxygens (including phenoxy) is 2. The molecule has 1 aromatic heterocycles. The molecule has 1 aliphatic heterocycles. The summed E-state index contributed by atoms with van der Waals surface area (Å²) in [5.41, 5.74) is -1.20. The van der Waals surface area contributed by atoms with Crippen molar-refractivity contribution in [2.75, 3.05) is 18.0 Å². The van der Waals surface area contributed by atoms with E-state index in [1.807, 2.05) is 20.8 Å². The number of piperidine rings is 1. The SMILES string of the molecule is CC(C)(C)OC(=O)N1CCC(N(C(=O)OC(C)(C)C)c2cncc(Cl)n2)CC1. The predicted molar refractivity (Wildman–Crippen MR) is 107 cm³/mol. The minimum Gasteiger partial charge on any atom is -0.444 e. The maximum Gasteiger partial charge on any atom is 0.416 e. The molecule has 1 aromatic rings. The van der Waals surface area contributed by atoms with E-state index in [-0.39, 0.29) is 17.3 Å². The Morgan fingerprint density at radius 3 is 2.14 bits per heavy atom. The van der Waals surface area contributed by atoms with Crippen LogP contribution in [-0.2, 0) is 9.47 Å². The highest BCUT2D eigenvalue weighted by atomic mass is 35.5. The van der Waals surface area contributed by atoms with Crippen LogP contribution in [0.1, 0.15) is 54.4 Å². The second kappa shape index (κ2) is 8.51. The van der Waals surface area contributed by atoms with Gasteiger partial charge < -0.3 is 14.4 Å². The van der Waals surface area contributed by atoms with Gasteiger partial charge in [-0.15, -0.1) is 0 Å². The van der Waals surface area contributed by atoms with Crippen molar-refractivity contribution in [3.8, 4) is 0 Å². The van der Waals surface area contributed by atoms with E-state index in [9.17, 15) is 9.59 Å². The molecule has 0 saturated carbocycles. The summed E-state index contributed by atoms with van der Waals surface area (Å²) in [6, 6.07) is -0.193. The molecule has 28 heavy (non-hydrogen) atoms. The maximum absolute atomic E-state index is 12.9. The predicted octanol–water partition coefficient (Wildman–Crippen LogP) is 4.27. The molecule has 0 atom stereocenters. The number of carbonyl (C=O) groups is 2. The largest absolute Gasteiger partial charge is 0.444 e. The lowest BCUT2D eigenvalue weighted by molar-refractivity contribution is 0.0200. The molecule has 8 nitrogen and oxygen atoms in total. The summed E-state index contributed by atoms with van der Waals surface area (Å²) in [5, 5.41) is 0.192. The molecule has 9 heteroatoms. The number of amides is 2. The highest BCUT2D eigenvalue weighted by Crippen LogP contribution is 2.26. The number of halogens is 1. The molecule has 0 aliphatic carbocycles. The first-order valence-corrected chi connectivity index (χ1v) is 9.71. The maximum atomic E-state index is 12.9. The van der Waals surface area contributed by atoms with E-state index in [1.165, 1.54) is 17.3 Å². The zero-order valence-electron chi connectivity index (χ0n) is 17.4. The average Bonchev–Trinajstić information content (AvgIpc) is 2.52. The van der Waals surface area contributed by atoms with E-state index < -0.39 is 17.3 Å². The summed E-state index contributed by atoms with van der Waals surface area (Å²) >= 11 is 5.97. The summed E-state index contributed by atoms with van der Waals surface area (Å²) in [4.78, 5) is 36.5. The van der Waals surface area contributed by atoms with Crippen molar-refractivity contribution in [3.63, 3.8) is 0 Å². The zero-order chi connectivity index (χ0) is 21.1. The van der Waals surface area contributed by atoms with Gasteiger partial charge >= 0.3 is 12.2 Å². The Labute approximate surface area is 171 Å². The molecule has 0 aromatic carbocycles. The van der Waals surface area contributed by atoms with Crippen LogP contribution >= 0.6 is 11.6 Å². The third-order valence-corrected chi connectivity index (χ3v) is 4.09. The molecule has 0 N–H and O–H groups in total. The van der Waals surface area contributed by atoms with Gasteiger partial charge in [0.2, 0.25) is 0 Å². The number of aromatic nitrogens is 2. The third-order valence-electron chi connectivity index (χ3n) is 3.91. The first-order chi connectivity index (χ1) is 12.9. The van der Waals surface area contributed by atoms with Crippen LogP contribution in [0.15, 0.2) is 12.4 Å². The lowest BCUT2D eigenvalue weighted by Crippen LogP contribution is -2.51. The van der Waals surface area contributed by atoms with Crippen LogP contribution < -0.4 is 4.90 Å². The van der Waals surface area contributed by atoms with Gasteiger partial charge in [-0.3, -0.25) is 9.88 Å². The fourth-order valence-corrected chi connectivity index (χ4v) is 2.97. The quantitative estimate of drug-likeness (QED) is 0.721. The minimum atomic E-state index is -0.654. The summed E-state index contributed by atoms with van der Waals surface area (Å²) in [6.45, 7) is 11.8. The van der Waals surface area contributed by atoms with Gasteiger partial charge in [-0.1, -0.05) is 11.6 Å². The van der Waals surface area contributed by atoms with Gasteiger partial charge in [0, 0.05) is 19.1 Å². The lowest BCUT2D eigenvalue weighted by atomic mass is 10.0. The molecule has 1 saturated heterocycles. The van der Waals surface area contributed by atoms with Crippen LogP contribution in [0.2, 0.25) is 5.15 Å².